The zero-order chi connectivity index (χ0) is 22.3. The molecule has 0 atom stereocenters. The summed E-state index contributed by atoms with van der Waals surface area (Å²) in [5, 5.41) is 3.35. The molecular formula is C25H35N5O2. The van der Waals surface area contributed by atoms with Crippen LogP contribution in [0.15, 0.2) is 30.3 Å². The third-order valence-corrected chi connectivity index (χ3v) is 6.61. The van der Waals surface area contributed by atoms with E-state index in [-0.39, 0.29) is 0 Å². The third-order valence-electron chi connectivity index (χ3n) is 6.61. The Morgan fingerprint density at radius 1 is 1.06 bits per heavy atom. The molecule has 2 aromatic rings. The van der Waals surface area contributed by atoms with Crippen molar-refractivity contribution in [3.05, 3.63) is 36.0 Å². The molecule has 1 amide bonds. The number of amides is 1. The Morgan fingerprint density at radius 2 is 1.78 bits per heavy atom. The molecule has 0 unspecified atom stereocenters. The van der Waals surface area contributed by atoms with Crippen molar-refractivity contribution in [3.63, 3.8) is 0 Å². The fourth-order valence-electron chi connectivity index (χ4n) is 4.70. The molecule has 0 radical (unpaired) electrons. The molecule has 1 aliphatic carbocycles. The topological polar surface area (TPSA) is 70.6 Å². The first-order valence-electron chi connectivity index (χ1n) is 11.9. The van der Waals surface area contributed by atoms with Gasteiger partial charge in [0, 0.05) is 50.0 Å². The van der Waals surface area contributed by atoms with Gasteiger partial charge in [0.25, 0.3) is 0 Å². The van der Waals surface area contributed by atoms with Crippen molar-refractivity contribution < 1.29 is 9.53 Å². The molecule has 1 aromatic heterocycles. The van der Waals surface area contributed by atoms with Crippen molar-refractivity contribution >= 4 is 23.4 Å². The van der Waals surface area contributed by atoms with Crippen LogP contribution in [-0.2, 0) is 4.79 Å². The smallest absolute Gasteiger partial charge is 0.227 e. The molecule has 2 fully saturated rings. The average Bonchev–Trinajstić information content (AvgIpc) is 2.83. The van der Waals surface area contributed by atoms with Crippen LogP contribution >= 0.6 is 0 Å². The summed E-state index contributed by atoms with van der Waals surface area (Å²) in [5.74, 6) is 3.37. The number of carbonyl (C=O) groups excluding carboxylic acids is 1. The van der Waals surface area contributed by atoms with Gasteiger partial charge in [0.1, 0.15) is 11.6 Å². The van der Waals surface area contributed by atoms with Gasteiger partial charge in [-0.05, 0) is 43.5 Å². The van der Waals surface area contributed by atoms with Gasteiger partial charge in [-0.3, -0.25) is 4.79 Å². The second-order valence-electron chi connectivity index (χ2n) is 8.96. The number of nitrogens with zero attached hydrogens (tertiary/aromatic N) is 4. The first-order valence-corrected chi connectivity index (χ1v) is 11.9. The van der Waals surface area contributed by atoms with Crippen LogP contribution in [0.25, 0.3) is 0 Å². The number of piperazine rings is 1. The number of nitrogens with one attached hydrogen (secondary N) is 1. The number of benzene rings is 1. The van der Waals surface area contributed by atoms with Crippen molar-refractivity contribution in [3.8, 4) is 5.75 Å². The molecule has 1 saturated carbocycles. The molecule has 2 aliphatic rings. The molecule has 172 valence electrons. The Morgan fingerprint density at radius 3 is 2.47 bits per heavy atom. The Balaban J connectivity index is 1.31. The summed E-state index contributed by atoms with van der Waals surface area (Å²) < 4.78 is 5.22. The summed E-state index contributed by atoms with van der Waals surface area (Å²) >= 11 is 0. The van der Waals surface area contributed by atoms with Crippen LogP contribution in [0.5, 0.6) is 5.75 Å². The quantitative estimate of drug-likeness (QED) is 0.685. The Labute approximate surface area is 191 Å². The van der Waals surface area contributed by atoms with Crippen LogP contribution in [0.1, 0.15) is 50.6 Å². The highest BCUT2D eigenvalue weighted by Crippen LogP contribution is 2.28. The zero-order valence-corrected chi connectivity index (χ0v) is 19.3. The summed E-state index contributed by atoms with van der Waals surface area (Å²) in [4.78, 5) is 26.3. The summed E-state index contributed by atoms with van der Waals surface area (Å²) in [6.07, 6.45) is 8.40. The molecule has 0 bridgehead atoms. The van der Waals surface area contributed by atoms with Gasteiger partial charge in [-0.2, -0.15) is 4.98 Å². The van der Waals surface area contributed by atoms with E-state index in [2.05, 4.69) is 15.2 Å². The minimum atomic E-state index is 0.308. The number of aromatic nitrogens is 2. The zero-order valence-electron chi connectivity index (χ0n) is 19.3. The molecule has 1 aliphatic heterocycles. The van der Waals surface area contributed by atoms with E-state index in [0.29, 0.717) is 12.3 Å². The van der Waals surface area contributed by atoms with Crippen molar-refractivity contribution in [2.24, 2.45) is 5.92 Å². The first kappa shape index (κ1) is 22.4. The summed E-state index contributed by atoms with van der Waals surface area (Å²) in [7, 11) is 1.66. The van der Waals surface area contributed by atoms with E-state index < -0.39 is 0 Å². The lowest BCUT2D eigenvalue weighted by Gasteiger charge is -2.35. The lowest BCUT2D eigenvalue weighted by molar-refractivity contribution is -0.131. The Bertz CT molecular complexity index is 888. The van der Waals surface area contributed by atoms with Gasteiger partial charge < -0.3 is 19.9 Å². The Kier molecular flexibility index (Phi) is 7.45. The number of ether oxygens (including phenoxy) is 1. The first-order chi connectivity index (χ1) is 15.6. The van der Waals surface area contributed by atoms with Gasteiger partial charge in [-0.1, -0.05) is 32.1 Å². The minimum Gasteiger partial charge on any atom is -0.497 e. The predicted octanol–water partition coefficient (Wildman–Crippen LogP) is 4.55. The van der Waals surface area contributed by atoms with Crippen LogP contribution in [0, 0.1) is 12.8 Å². The highest BCUT2D eigenvalue weighted by Gasteiger charge is 2.24. The summed E-state index contributed by atoms with van der Waals surface area (Å²) in [5.41, 5.74) is 1.86. The highest BCUT2D eigenvalue weighted by molar-refractivity contribution is 5.76. The van der Waals surface area contributed by atoms with Crippen molar-refractivity contribution in [1.29, 1.82) is 0 Å². The van der Waals surface area contributed by atoms with Crippen LogP contribution in [0.2, 0.25) is 0 Å². The van der Waals surface area contributed by atoms with Crippen LogP contribution < -0.4 is 15.0 Å². The number of rotatable bonds is 7. The van der Waals surface area contributed by atoms with Gasteiger partial charge in [0.05, 0.1) is 7.11 Å². The van der Waals surface area contributed by atoms with E-state index in [4.69, 9.17) is 9.72 Å². The van der Waals surface area contributed by atoms with Gasteiger partial charge in [0.2, 0.25) is 11.9 Å². The summed E-state index contributed by atoms with van der Waals surface area (Å²) in [6, 6.07) is 9.71. The van der Waals surface area contributed by atoms with Gasteiger partial charge in [0.15, 0.2) is 0 Å². The van der Waals surface area contributed by atoms with Gasteiger partial charge in [-0.25, -0.2) is 4.98 Å². The van der Waals surface area contributed by atoms with E-state index in [1.54, 1.807) is 7.11 Å². The number of anilines is 3. The van der Waals surface area contributed by atoms with E-state index in [1.165, 1.54) is 32.1 Å². The fourth-order valence-corrected chi connectivity index (χ4v) is 4.70. The highest BCUT2D eigenvalue weighted by atomic mass is 16.5. The van der Waals surface area contributed by atoms with Crippen molar-refractivity contribution in [1.82, 2.24) is 14.9 Å². The van der Waals surface area contributed by atoms with Crippen LogP contribution in [0.4, 0.5) is 17.5 Å². The summed E-state index contributed by atoms with van der Waals surface area (Å²) in [6.45, 7) is 4.99. The number of hydrogen-bond acceptors (Lipinski definition) is 6. The van der Waals surface area contributed by atoms with Crippen molar-refractivity contribution in [2.75, 3.05) is 43.5 Å². The van der Waals surface area contributed by atoms with E-state index in [1.807, 2.05) is 42.2 Å². The molecule has 2 heterocycles. The normalized spacial score (nSPS) is 17.3. The van der Waals surface area contributed by atoms with Crippen LogP contribution in [-0.4, -0.2) is 54.1 Å². The second-order valence-corrected chi connectivity index (χ2v) is 8.96. The van der Waals surface area contributed by atoms with Gasteiger partial charge >= 0.3 is 0 Å². The molecule has 7 nitrogen and oxygen atoms in total. The van der Waals surface area contributed by atoms with Crippen LogP contribution in [0.3, 0.4) is 0 Å². The maximum absolute atomic E-state index is 12.7. The number of aryl methyl sites for hydroxylation is 1. The molecule has 4 rings (SSSR count). The SMILES string of the molecule is COc1ccc(Nc2cc(C)nc(N3CCN(C(=O)CCC4CCCCC4)CC3)n2)cc1. The van der Waals surface area contributed by atoms with E-state index in [9.17, 15) is 4.79 Å². The largest absolute Gasteiger partial charge is 0.497 e. The fraction of sp³-hybridized carbons (Fsp3) is 0.560. The number of carbonyl (C=O) groups is 1. The van der Waals surface area contributed by atoms with Gasteiger partial charge in [-0.15, -0.1) is 0 Å². The number of methoxy groups -OCH3 is 1. The monoisotopic (exact) mass is 437 g/mol. The molecule has 0 spiro atoms. The minimum absolute atomic E-state index is 0.308. The Hall–Kier alpha value is -2.83. The maximum atomic E-state index is 12.7. The predicted molar refractivity (Wildman–Crippen MR) is 128 cm³/mol. The van der Waals surface area contributed by atoms with E-state index in [0.717, 1.165) is 67.4 Å². The molecule has 7 heteroatoms. The molecule has 1 aromatic carbocycles. The van der Waals surface area contributed by atoms with E-state index >= 15 is 0 Å². The molecule has 1 N–H and O–H groups in total. The van der Waals surface area contributed by atoms with Crippen molar-refractivity contribution in [2.45, 2.75) is 51.9 Å². The lowest BCUT2D eigenvalue weighted by Crippen LogP contribution is -2.49. The molecular weight excluding hydrogens is 402 g/mol. The lowest BCUT2D eigenvalue weighted by atomic mass is 9.86. The average molecular weight is 438 g/mol. The standard InChI is InChI=1S/C25H35N5O2/c1-19-18-23(27-21-9-11-22(32-2)12-10-21)28-25(26-19)30-16-14-29(15-17-30)24(31)13-8-20-6-4-3-5-7-20/h9-12,18,20H,3-8,13-17H2,1-2H3,(H,26,27,28). The maximum Gasteiger partial charge on any atom is 0.227 e. The third kappa shape index (κ3) is 5.90. The second kappa shape index (κ2) is 10.7. The molecule has 1 saturated heterocycles. The molecule has 32 heavy (non-hydrogen) atoms. The number of hydrogen-bond donors (Lipinski definition) is 1.